The molecule has 0 radical (unpaired) electrons. The maximum atomic E-state index is 13.4. The van der Waals surface area contributed by atoms with Crippen molar-refractivity contribution in [3.63, 3.8) is 0 Å². The Labute approximate surface area is 256 Å². The van der Waals surface area contributed by atoms with Crippen LogP contribution >= 0.6 is 27.5 Å². The Morgan fingerprint density at radius 2 is 1.86 bits per heavy atom. The summed E-state index contributed by atoms with van der Waals surface area (Å²) < 4.78 is 35.9. The van der Waals surface area contributed by atoms with Crippen LogP contribution in [0.5, 0.6) is 0 Å². The maximum absolute atomic E-state index is 13.4. The number of carboxylic acid groups (broad SMARTS) is 1. The average molecular weight is 682 g/mol. The highest BCUT2D eigenvalue weighted by Gasteiger charge is 2.38. The molecule has 2 bridgehead atoms. The number of carbonyl (C=O) groups is 2. The lowest BCUT2D eigenvalue weighted by molar-refractivity contribution is -0.192. The summed E-state index contributed by atoms with van der Waals surface area (Å²) in [7, 11) is 1.83. The number of nitrogens with zero attached hydrogens (tertiary/aromatic N) is 5. The first-order valence-corrected chi connectivity index (χ1v) is 14.1. The number of aliphatic carboxylic acids is 1. The Balaban J connectivity index is 0.000000541. The Hall–Kier alpha value is -4.04. The molecule has 2 atom stereocenters. The molecule has 4 heterocycles. The Kier molecular flexibility index (Phi) is 9.70. The summed E-state index contributed by atoms with van der Waals surface area (Å²) in [6.07, 6.45) is 1.91. The molecule has 1 aromatic carbocycles. The van der Waals surface area contributed by atoms with Gasteiger partial charge in [-0.25, -0.2) is 9.78 Å². The molecule has 0 spiro atoms. The van der Waals surface area contributed by atoms with Gasteiger partial charge in [-0.2, -0.15) is 18.3 Å². The number of carbonyl (C=O) groups excluding carboxylic acids is 1. The molecular weight excluding hydrogens is 657 g/mol. The molecule has 0 unspecified atom stereocenters. The molecule has 43 heavy (non-hydrogen) atoms. The molecule has 0 saturated heterocycles. The second-order valence-electron chi connectivity index (χ2n) is 9.78. The lowest BCUT2D eigenvalue weighted by Crippen LogP contribution is -2.27. The molecule has 1 amide bonds. The number of amides is 1. The van der Waals surface area contributed by atoms with E-state index in [1.165, 1.54) is 6.07 Å². The third-order valence-corrected chi connectivity index (χ3v) is 7.70. The number of alkyl halides is 3. The van der Waals surface area contributed by atoms with E-state index in [1.807, 2.05) is 32.2 Å². The molecule has 5 rings (SSSR count). The van der Waals surface area contributed by atoms with Gasteiger partial charge < -0.3 is 10.4 Å². The SMILES string of the molecule is C[C@@H]1CCC[C@H](n2cnc(-c3cc(Cl)ccc3Br)cc2=O)c2cc(ccn2)-c2c(cnn2C)NC1=O.O=C(O)C(F)(F)F. The van der Waals surface area contributed by atoms with Crippen LogP contribution in [0, 0.1) is 5.92 Å². The van der Waals surface area contributed by atoms with Gasteiger partial charge in [0.15, 0.2) is 0 Å². The monoisotopic (exact) mass is 680 g/mol. The summed E-state index contributed by atoms with van der Waals surface area (Å²) in [4.78, 5) is 44.3. The second-order valence-corrected chi connectivity index (χ2v) is 11.1. The van der Waals surface area contributed by atoms with Gasteiger partial charge in [0.1, 0.15) is 0 Å². The number of carboxylic acids is 1. The van der Waals surface area contributed by atoms with E-state index in [9.17, 15) is 22.8 Å². The van der Waals surface area contributed by atoms with Crippen LogP contribution in [-0.2, 0) is 16.6 Å². The Morgan fingerprint density at radius 1 is 1.14 bits per heavy atom. The molecule has 3 aromatic heterocycles. The van der Waals surface area contributed by atoms with Crippen molar-refractivity contribution in [2.24, 2.45) is 13.0 Å². The fourth-order valence-corrected chi connectivity index (χ4v) is 5.19. The number of rotatable bonds is 2. The number of benzene rings is 1. The number of hydrogen-bond acceptors (Lipinski definition) is 6. The third-order valence-electron chi connectivity index (χ3n) is 6.77. The first-order chi connectivity index (χ1) is 20.3. The lowest BCUT2D eigenvalue weighted by Gasteiger charge is -2.22. The molecule has 4 aromatic rings. The van der Waals surface area contributed by atoms with Gasteiger partial charge in [-0.05, 0) is 43.2 Å². The molecule has 2 N–H and O–H groups in total. The van der Waals surface area contributed by atoms with Crippen molar-refractivity contribution in [2.75, 3.05) is 5.32 Å². The van der Waals surface area contributed by atoms with Crippen molar-refractivity contribution >= 4 is 45.1 Å². The molecular formula is C28H25BrClF3N6O4. The molecule has 15 heteroatoms. The fraction of sp³-hybridized carbons (Fsp3) is 0.286. The number of pyridine rings is 1. The highest BCUT2D eigenvalue weighted by Crippen LogP contribution is 2.33. The minimum absolute atomic E-state index is 0.0501. The topological polar surface area (TPSA) is 132 Å². The first-order valence-electron chi connectivity index (χ1n) is 12.9. The van der Waals surface area contributed by atoms with Crippen LogP contribution in [0.4, 0.5) is 18.9 Å². The molecule has 10 nitrogen and oxygen atoms in total. The zero-order valence-electron chi connectivity index (χ0n) is 22.8. The number of fused-ring (bicyclic) bond motifs is 4. The van der Waals surface area contributed by atoms with Crippen LogP contribution in [0.2, 0.25) is 5.02 Å². The molecule has 1 aliphatic rings. The molecule has 1 aliphatic heterocycles. The Morgan fingerprint density at radius 3 is 2.53 bits per heavy atom. The van der Waals surface area contributed by atoms with E-state index in [0.29, 0.717) is 29.2 Å². The fourth-order valence-electron chi connectivity index (χ4n) is 4.57. The Bertz CT molecular complexity index is 1730. The molecule has 0 fully saturated rings. The van der Waals surface area contributed by atoms with Gasteiger partial charge >= 0.3 is 12.1 Å². The van der Waals surface area contributed by atoms with Crippen molar-refractivity contribution < 1.29 is 27.9 Å². The highest BCUT2D eigenvalue weighted by molar-refractivity contribution is 9.10. The summed E-state index contributed by atoms with van der Waals surface area (Å²) in [6, 6.07) is 10.4. The van der Waals surface area contributed by atoms with Crippen molar-refractivity contribution in [1.29, 1.82) is 0 Å². The van der Waals surface area contributed by atoms with Crippen LogP contribution in [0.3, 0.4) is 0 Å². The largest absolute Gasteiger partial charge is 0.490 e. The van der Waals surface area contributed by atoms with Gasteiger partial charge in [0.25, 0.3) is 5.56 Å². The van der Waals surface area contributed by atoms with Gasteiger partial charge in [-0.3, -0.25) is 23.8 Å². The summed E-state index contributed by atoms with van der Waals surface area (Å²) >= 11 is 9.69. The van der Waals surface area contributed by atoms with Crippen molar-refractivity contribution in [3.05, 3.63) is 80.7 Å². The summed E-state index contributed by atoms with van der Waals surface area (Å²) in [5, 5.41) is 15.1. The van der Waals surface area contributed by atoms with Crippen molar-refractivity contribution in [2.45, 2.75) is 38.4 Å². The van der Waals surface area contributed by atoms with E-state index in [2.05, 4.69) is 36.3 Å². The summed E-state index contributed by atoms with van der Waals surface area (Å²) in [6.45, 7) is 1.91. The van der Waals surface area contributed by atoms with Crippen molar-refractivity contribution in [1.82, 2.24) is 24.3 Å². The van der Waals surface area contributed by atoms with E-state index in [0.717, 1.165) is 33.4 Å². The number of aryl methyl sites for hydroxylation is 1. The number of aromatic nitrogens is 5. The normalized spacial score (nSPS) is 17.0. The van der Waals surface area contributed by atoms with Crippen LogP contribution in [0.1, 0.15) is 37.9 Å². The van der Waals surface area contributed by atoms with Crippen LogP contribution in [0.25, 0.3) is 22.5 Å². The van der Waals surface area contributed by atoms with E-state index < -0.39 is 12.1 Å². The minimum atomic E-state index is -5.08. The van der Waals surface area contributed by atoms with Crippen LogP contribution in [-0.4, -0.2) is 47.5 Å². The predicted molar refractivity (Wildman–Crippen MR) is 157 cm³/mol. The van der Waals surface area contributed by atoms with Gasteiger partial charge in [-0.15, -0.1) is 0 Å². The van der Waals surface area contributed by atoms with Gasteiger partial charge in [0.05, 0.1) is 41.3 Å². The van der Waals surface area contributed by atoms with Crippen molar-refractivity contribution in [3.8, 4) is 22.5 Å². The minimum Gasteiger partial charge on any atom is -0.475 e. The van der Waals surface area contributed by atoms with Crippen LogP contribution < -0.4 is 10.9 Å². The second kappa shape index (κ2) is 13.1. The molecule has 0 saturated carbocycles. The van der Waals surface area contributed by atoms with Gasteiger partial charge in [0, 0.05) is 45.9 Å². The zero-order valence-corrected chi connectivity index (χ0v) is 25.1. The standard InChI is InChI=1S/C26H24BrClN6O2.C2HF3O2/c1-15-4-3-5-23(34-14-30-20(12-24(34)35)18-11-17(28)6-7-19(18)27)21-10-16(8-9-29-21)25-22(32-26(15)36)13-31-33(25)2;3-2(4,5)1(6)7/h6-15,23H,3-5H2,1-2H3,(H,32,36);(H,6,7)/t15-,23+;/m1./s1. The number of hydrogen-bond donors (Lipinski definition) is 2. The van der Waals surface area contributed by atoms with E-state index in [1.54, 1.807) is 40.1 Å². The third kappa shape index (κ3) is 7.49. The average Bonchev–Trinajstić information content (AvgIpc) is 3.31. The van der Waals surface area contributed by atoms with E-state index in [4.69, 9.17) is 21.5 Å². The quantitative estimate of drug-likeness (QED) is 0.261. The lowest BCUT2D eigenvalue weighted by atomic mass is 9.97. The van der Waals surface area contributed by atoms with Gasteiger partial charge in [-0.1, -0.05) is 40.9 Å². The van der Waals surface area contributed by atoms with E-state index in [-0.39, 0.29) is 23.4 Å². The molecule has 0 aliphatic carbocycles. The number of anilines is 1. The predicted octanol–water partition coefficient (Wildman–Crippen LogP) is 6.10. The number of halogens is 5. The molecule has 226 valence electrons. The smallest absolute Gasteiger partial charge is 0.475 e. The number of nitrogens with one attached hydrogen (secondary N) is 1. The highest BCUT2D eigenvalue weighted by atomic mass is 79.9. The maximum Gasteiger partial charge on any atom is 0.490 e. The zero-order chi connectivity index (χ0) is 31.5. The summed E-state index contributed by atoms with van der Waals surface area (Å²) in [5.41, 5.74) is 4.13. The van der Waals surface area contributed by atoms with E-state index >= 15 is 0 Å². The van der Waals surface area contributed by atoms with Crippen LogP contribution in [0.15, 0.2) is 64.4 Å². The summed E-state index contributed by atoms with van der Waals surface area (Å²) in [5.74, 6) is -3.00. The first kappa shape index (κ1) is 31.9. The van der Waals surface area contributed by atoms with Gasteiger partial charge in [0.2, 0.25) is 5.91 Å².